The van der Waals surface area contributed by atoms with Crippen molar-refractivity contribution in [2.75, 3.05) is 0 Å². The van der Waals surface area contributed by atoms with Gasteiger partial charge < -0.3 is 0 Å². The van der Waals surface area contributed by atoms with E-state index in [0.29, 0.717) is 0 Å². The van der Waals surface area contributed by atoms with Gasteiger partial charge in [-0.2, -0.15) is 0 Å². The summed E-state index contributed by atoms with van der Waals surface area (Å²) in [5.41, 5.74) is 0. The Labute approximate surface area is 183 Å². The third-order valence-corrected chi connectivity index (χ3v) is 6.32. The highest BCUT2D eigenvalue weighted by Crippen LogP contribution is 2.12. The van der Waals surface area contributed by atoms with Crippen molar-refractivity contribution in [1.82, 2.24) is 4.57 Å². The number of nitrogens with zero attached hydrogens (tertiary/aromatic N) is 2. The first-order valence-electron chi connectivity index (χ1n) is 13.4. The van der Waals surface area contributed by atoms with Crippen LogP contribution in [-0.2, 0) is 19.5 Å². The van der Waals surface area contributed by atoms with Crippen LogP contribution in [0.15, 0.2) is 12.4 Å². The minimum absolute atomic E-state index is 1.22. The molecule has 0 saturated carbocycles. The summed E-state index contributed by atoms with van der Waals surface area (Å²) in [4.78, 5) is 0. The molecule has 1 aromatic rings. The molecule has 0 unspecified atom stereocenters. The maximum Gasteiger partial charge on any atom is 0.256 e. The molecule has 29 heavy (non-hydrogen) atoms. The van der Waals surface area contributed by atoms with Crippen LogP contribution >= 0.6 is 0 Å². The summed E-state index contributed by atoms with van der Waals surface area (Å²) in [5.74, 6) is 1.56. The summed E-state index contributed by atoms with van der Waals surface area (Å²) in [5, 5.41) is 0. The summed E-state index contributed by atoms with van der Waals surface area (Å²) in [6.07, 6.45) is 31.2. The summed E-state index contributed by atoms with van der Waals surface area (Å²) in [7, 11) is 0. The first-order chi connectivity index (χ1) is 14.3. The molecule has 0 saturated heterocycles. The van der Waals surface area contributed by atoms with Gasteiger partial charge >= 0.3 is 0 Å². The minimum atomic E-state index is 1.22. The van der Waals surface area contributed by atoms with E-state index in [1.807, 2.05) is 0 Å². The molecule has 1 rings (SSSR count). The second-order valence-electron chi connectivity index (χ2n) is 9.15. The number of aromatic nitrogens is 2. The maximum atomic E-state index is 2.55. The molecular weight excluding hydrogens is 352 g/mol. The molecule has 0 bridgehead atoms. The third kappa shape index (κ3) is 13.2. The van der Waals surface area contributed by atoms with Crippen molar-refractivity contribution in [2.24, 2.45) is 0 Å². The Bertz CT molecular complexity index is 463. The van der Waals surface area contributed by atoms with Gasteiger partial charge in [0.2, 0.25) is 0 Å². The fourth-order valence-corrected chi connectivity index (χ4v) is 4.42. The number of rotatable bonds is 21. The third-order valence-electron chi connectivity index (χ3n) is 6.32. The van der Waals surface area contributed by atoms with E-state index in [2.05, 4.69) is 42.3 Å². The molecule has 1 heterocycles. The van der Waals surface area contributed by atoms with E-state index >= 15 is 0 Å². The van der Waals surface area contributed by atoms with E-state index in [-0.39, 0.29) is 0 Å². The predicted molar refractivity (Wildman–Crippen MR) is 128 cm³/mol. The van der Waals surface area contributed by atoms with Gasteiger partial charge in [-0.25, -0.2) is 9.13 Å². The van der Waals surface area contributed by atoms with Crippen LogP contribution in [0.3, 0.4) is 0 Å². The van der Waals surface area contributed by atoms with Crippen molar-refractivity contribution in [3.8, 4) is 0 Å². The van der Waals surface area contributed by atoms with Crippen LogP contribution in [0.25, 0.3) is 0 Å². The van der Waals surface area contributed by atoms with Crippen LogP contribution in [0.5, 0.6) is 0 Å². The Hall–Kier alpha value is -0.790. The molecule has 0 N–H and O–H groups in total. The number of hydrogen-bond donors (Lipinski definition) is 0. The van der Waals surface area contributed by atoms with E-state index in [4.69, 9.17) is 0 Å². The van der Waals surface area contributed by atoms with Crippen molar-refractivity contribution in [3.63, 3.8) is 0 Å². The zero-order valence-electron chi connectivity index (χ0n) is 20.4. The summed E-state index contributed by atoms with van der Waals surface area (Å²) < 4.78 is 5.10. The maximum absolute atomic E-state index is 2.55. The molecule has 0 amide bonds. The van der Waals surface area contributed by atoms with Crippen molar-refractivity contribution in [1.29, 1.82) is 0 Å². The highest BCUT2D eigenvalue weighted by atomic mass is 15.1. The molecule has 170 valence electrons. The van der Waals surface area contributed by atoms with Gasteiger partial charge in [0.15, 0.2) is 0 Å². The van der Waals surface area contributed by atoms with Gasteiger partial charge in [0.05, 0.1) is 13.1 Å². The largest absolute Gasteiger partial charge is 0.256 e. The van der Waals surface area contributed by atoms with Crippen molar-refractivity contribution in [2.45, 2.75) is 156 Å². The van der Waals surface area contributed by atoms with Crippen LogP contribution in [0.2, 0.25) is 0 Å². The zero-order chi connectivity index (χ0) is 21.0. The molecule has 0 aliphatic carbocycles. The van der Waals surface area contributed by atoms with Gasteiger partial charge in [0.1, 0.15) is 12.4 Å². The van der Waals surface area contributed by atoms with Gasteiger partial charge in [0.25, 0.3) is 5.82 Å². The zero-order valence-corrected chi connectivity index (χ0v) is 20.4. The van der Waals surface area contributed by atoms with Crippen LogP contribution in [0, 0.1) is 0 Å². The first kappa shape index (κ1) is 26.2. The number of aryl methyl sites for hydroxylation is 2. The molecule has 2 heteroatoms. The monoisotopic (exact) mass is 405 g/mol. The van der Waals surface area contributed by atoms with Crippen LogP contribution in [-0.4, -0.2) is 4.57 Å². The predicted octanol–water partition coefficient (Wildman–Crippen LogP) is 8.40. The molecule has 0 aliphatic rings. The van der Waals surface area contributed by atoms with E-state index in [1.54, 1.807) is 5.82 Å². The lowest BCUT2D eigenvalue weighted by molar-refractivity contribution is -0.704. The summed E-state index contributed by atoms with van der Waals surface area (Å²) in [6, 6.07) is 0. The quantitative estimate of drug-likeness (QED) is 0.143. The standard InChI is InChI=1S/C27H53N2/c1-4-7-9-11-13-15-17-19-21-24-29-26-25-28(27(29)22-6-3)23-20-18-16-14-12-10-8-5-2/h25-26H,4-24H2,1-3H3/q+1. The van der Waals surface area contributed by atoms with Gasteiger partial charge in [-0.05, 0) is 32.1 Å². The highest BCUT2D eigenvalue weighted by Gasteiger charge is 2.15. The molecule has 0 atom stereocenters. The van der Waals surface area contributed by atoms with Gasteiger partial charge in [0, 0.05) is 6.42 Å². The number of imidazole rings is 1. The summed E-state index contributed by atoms with van der Waals surface area (Å²) in [6.45, 7) is 9.35. The highest BCUT2D eigenvalue weighted by molar-refractivity contribution is 4.84. The van der Waals surface area contributed by atoms with Crippen molar-refractivity contribution in [3.05, 3.63) is 18.2 Å². The van der Waals surface area contributed by atoms with E-state index < -0.39 is 0 Å². The molecule has 2 nitrogen and oxygen atoms in total. The molecule has 0 radical (unpaired) electrons. The summed E-state index contributed by atoms with van der Waals surface area (Å²) >= 11 is 0. The van der Waals surface area contributed by atoms with Gasteiger partial charge in [-0.1, -0.05) is 104 Å². The Morgan fingerprint density at radius 2 is 1.07 bits per heavy atom. The molecule has 0 fully saturated rings. The van der Waals surface area contributed by atoms with Crippen molar-refractivity contribution >= 4 is 0 Å². The second-order valence-corrected chi connectivity index (χ2v) is 9.15. The number of hydrogen-bond acceptors (Lipinski definition) is 0. The van der Waals surface area contributed by atoms with Gasteiger partial charge in [-0.15, -0.1) is 0 Å². The van der Waals surface area contributed by atoms with E-state index in [1.165, 1.54) is 135 Å². The second kappa shape index (κ2) is 19.2. The van der Waals surface area contributed by atoms with Crippen LogP contribution in [0.4, 0.5) is 0 Å². The first-order valence-corrected chi connectivity index (χ1v) is 13.4. The lowest BCUT2D eigenvalue weighted by Gasteiger charge is -2.06. The van der Waals surface area contributed by atoms with Gasteiger partial charge in [-0.3, -0.25) is 0 Å². The normalized spacial score (nSPS) is 11.4. The molecule has 0 spiro atoms. The van der Waals surface area contributed by atoms with Crippen molar-refractivity contribution < 1.29 is 4.57 Å². The minimum Gasteiger partial charge on any atom is -0.234 e. The molecule has 1 aromatic heterocycles. The topological polar surface area (TPSA) is 8.81 Å². The van der Waals surface area contributed by atoms with Crippen LogP contribution in [0.1, 0.15) is 142 Å². The Morgan fingerprint density at radius 1 is 0.586 bits per heavy atom. The van der Waals surface area contributed by atoms with E-state index in [9.17, 15) is 0 Å². The lowest BCUT2D eigenvalue weighted by Crippen LogP contribution is -2.37. The Balaban J connectivity index is 2.19. The molecule has 0 aliphatic heterocycles. The Kier molecular flexibility index (Phi) is 17.4. The molecular formula is C27H53N2+. The fraction of sp³-hybridized carbons (Fsp3) is 0.889. The van der Waals surface area contributed by atoms with E-state index in [0.717, 1.165) is 0 Å². The number of unbranched alkanes of at least 4 members (excludes halogenated alkanes) is 15. The van der Waals surface area contributed by atoms with Crippen LogP contribution < -0.4 is 4.57 Å². The average Bonchev–Trinajstić information content (AvgIpc) is 3.10. The fourth-order valence-electron chi connectivity index (χ4n) is 4.42. The SMILES string of the molecule is CCCCCCCCCCCn1cc[n+](CCCCCCCCCC)c1CCC. The Morgan fingerprint density at radius 3 is 1.59 bits per heavy atom. The smallest absolute Gasteiger partial charge is 0.234 e. The average molecular weight is 406 g/mol. The molecule has 0 aromatic carbocycles. The lowest BCUT2D eigenvalue weighted by atomic mass is 10.1.